The van der Waals surface area contributed by atoms with E-state index in [-0.39, 0.29) is 23.2 Å². The molecule has 1 aromatic carbocycles. The molecule has 2 saturated heterocycles. The Kier molecular flexibility index (Phi) is 6.14. The van der Waals surface area contributed by atoms with Gasteiger partial charge < -0.3 is 10.6 Å². The van der Waals surface area contributed by atoms with Crippen LogP contribution in [-0.2, 0) is 14.8 Å². The van der Waals surface area contributed by atoms with Gasteiger partial charge in [0.1, 0.15) is 0 Å². The maximum Gasteiger partial charge on any atom is 0.238 e. The van der Waals surface area contributed by atoms with E-state index >= 15 is 0 Å². The van der Waals surface area contributed by atoms with Crippen LogP contribution >= 0.6 is 12.4 Å². The van der Waals surface area contributed by atoms with Crippen molar-refractivity contribution in [2.45, 2.75) is 62.9 Å². The zero-order valence-corrected chi connectivity index (χ0v) is 16.2. The first-order valence-electron chi connectivity index (χ1n) is 8.42. The Morgan fingerprint density at radius 2 is 1.84 bits per heavy atom. The highest BCUT2D eigenvalue weighted by Crippen LogP contribution is 2.33. The number of nitrogens with two attached hydrogens (primary N) is 1. The van der Waals surface area contributed by atoms with Crippen molar-refractivity contribution in [3.05, 3.63) is 23.3 Å². The molecule has 6 nitrogen and oxygen atoms in total. The average molecular weight is 388 g/mol. The third-order valence-corrected chi connectivity index (χ3v) is 6.18. The molecule has 4 N–H and O–H groups in total. The van der Waals surface area contributed by atoms with Gasteiger partial charge in [0.05, 0.1) is 4.90 Å². The third-order valence-electron chi connectivity index (χ3n) is 5.29. The number of rotatable bonds is 4. The van der Waals surface area contributed by atoms with Crippen molar-refractivity contribution >= 4 is 34.0 Å². The number of fused-ring (bicyclic) bond motifs is 2. The fourth-order valence-electron chi connectivity index (χ4n) is 3.93. The van der Waals surface area contributed by atoms with Crippen LogP contribution in [0.4, 0.5) is 5.69 Å². The molecule has 8 heteroatoms. The van der Waals surface area contributed by atoms with Crippen LogP contribution in [0.15, 0.2) is 17.0 Å². The largest absolute Gasteiger partial charge is 0.326 e. The predicted octanol–water partition coefficient (Wildman–Crippen LogP) is 2.23. The topological polar surface area (TPSA) is 101 Å². The molecular formula is C17H26ClN3O3S. The Morgan fingerprint density at radius 1 is 1.24 bits per heavy atom. The summed E-state index contributed by atoms with van der Waals surface area (Å²) in [5, 5.41) is 11.7. The normalized spacial score (nSPS) is 25.3. The van der Waals surface area contributed by atoms with Crippen LogP contribution in [-0.4, -0.2) is 26.4 Å². The summed E-state index contributed by atoms with van der Waals surface area (Å²) in [5.41, 5.74) is 2.18. The predicted molar refractivity (Wildman–Crippen MR) is 100 cm³/mol. The van der Waals surface area contributed by atoms with Gasteiger partial charge in [0.2, 0.25) is 15.9 Å². The highest BCUT2D eigenvalue weighted by molar-refractivity contribution is 7.89. The number of carbonyl (C=O) groups excluding carboxylic acids is 1. The van der Waals surface area contributed by atoms with Crippen molar-refractivity contribution in [1.82, 2.24) is 5.32 Å². The van der Waals surface area contributed by atoms with Gasteiger partial charge in [-0.3, -0.25) is 4.79 Å². The summed E-state index contributed by atoms with van der Waals surface area (Å²) in [6, 6.07) is 4.08. The molecule has 140 valence electrons. The second kappa shape index (κ2) is 7.61. The zero-order chi connectivity index (χ0) is 17.5. The minimum Gasteiger partial charge on any atom is -0.326 e. The number of halogens is 1. The molecule has 2 aliphatic rings. The van der Waals surface area contributed by atoms with Gasteiger partial charge in [-0.05, 0) is 68.7 Å². The molecule has 2 unspecified atom stereocenters. The fraction of sp³-hybridized carbons (Fsp3) is 0.588. The number of hydrogen-bond acceptors (Lipinski definition) is 4. The van der Waals surface area contributed by atoms with Crippen LogP contribution < -0.4 is 15.8 Å². The minimum absolute atomic E-state index is 0. The lowest BCUT2D eigenvalue weighted by Gasteiger charge is -2.28. The first kappa shape index (κ1) is 20.2. The number of carbonyl (C=O) groups is 1. The SMILES string of the molecule is Cc1cc(S(N)(=O)=O)cc(NC(=O)CC2CC3CCC(C2)N3)c1C.Cl. The van der Waals surface area contributed by atoms with Gasteiger partial charge in [0.25, 0.3) is 0 Å². The molecule has 0 aromatic heterocycles. The minimum atomic E-state index is -3.79. The molecular weight excluding hydrogens is 362 g/mol. The van der Waals surface area contributed by atoms with E-state index in [0.29, 0.717) is 30.1 Å². The molecule has 0 saturated carbocycles. The Labute approximate surface area is 155 Å². The molecule has 2 atom stereocenters. The summed E-state index contributed by atoms with van der Waals surface area (Å²) in [6.07, 6.45) is 4.97. The number of piperidine rings is 1. The van der Waals surface area contributed by atoms with E-state index < -0.39 is 10.0 Å². The van der Waals surface area contributed by atoms with E-state index in [1.165, 1.54) is 25.0 Å². The number of primary sulfonamides is 1. The molecule has 0 aliphatic carbocycles. The van der Waals surface area contributed by atoms with Gasteiger partial charge >= 0.3 is 0 Å². The molecule has 3 rings (SSSR count). The van der Waals surface area contributed by atoms with Crippen LogP contribution in [0.2, 0.25) is 0 Å². The fourth-order valence-corrected chi connectivity index (χ4v) is 4.55. The molecule has 0 spiro atoms. The lowest BCUT2D eigenvalue weighted by Crippen LogP contribution is -2.39. The maximum absolute atomic E-state index is 12.4. The van der Waals surface area contributed by atoms with Crippen molar-refractivity contribution in [3.63, 3.8) is 0 Å². The van der Waals surface area contributed by atoms with Crippen molar-refractivity contribution < 1.29 is 13.2 Å². The quantitative estimate of drug-likeness (QED) is 0.737. The summed E-state index contributed by atoms with van der Waals surface area (Å²) in [7, 11) is -3.79. The van der Waals surface area contributed by atoms with Crippen molar-refractivity contribution in [2.75, 3.05) is 5.32 Å². The molecule has 2 fully saturated rings. The average Bonchev–Trinajstić information content (AvgIpc) is 2.81. The van der Waals surface area contributed by atoms with Gasteiger partial charge in [-0.1, -0.05) is 0 Å². The standard InChI is InChI=1S/C17H25N3O3S.ClH/c1-10-5-15(24(18,22)23)9-16(11(10)2)20-17(21)8-12-6-13-3-4-14(7-12)19-13;/h5,9,12-14,19H,3-4,6-8H2,1-2H3,(H,20,21)(H2,18,22,23);1H. The Morgan fingerprint density at radius 3 is 2.40 bits per heavy atom. The highest BCUT2D eigenvalue weighted by Gasteiger charge is 2.34. The number of anilines is 1. The molecule has 25 heavy (non-hydrogen) atoms. The van der Waals surface area contributed by atoms with Gasteiger partial charge in [-0.25, -0.2) is 13.6 Å². The molecule has 1 amide bonds. The summed E-state index contributed by atoms with van der Waals surface area (Å²) < 4.78 is 23.2. The van der Waals surface area contributed by atoms with E-state index in [9.17, 15) is 13.2 Å². The van der Waals surface area contributed by atoms with E-state index in [1.54, 1.807) is 0 Å². The summed E-state index contributed by atoms with van der Waals surface area (Å²) >= 11 is 0. The second-order valence-electron chi connectivity index (χ2n) is 7.19. The number of benzene rings is 1. The molecule has 2 heterocycles. The second-order valence-corrected chi connectivity index (χ2v) is 8.75. The summed E-state index contributed by atoms with van der Waals surface area (Å²) in [4.78, 5) is 12.5. The van der Waals surface area contributed by atoms with Gasteiger partial charge in [-0.15, -0.1) is 12.4 Å². The van der Waals surface area contributed by atoms with Gasteiger partial charge in [0.15, 0.2) is 0 Å². The van der Waals surface area contributed by atoms with Crippen LogP contribution in [0.5, 0.6) is 0 Å². The summed E-state index contributed by atoms with van der Waals surface area (Å²) in [5.74, 6) is 0.335. The number of amides is 1. The van der Waals surface area contributed by atoms with Crippen LogP contribution in [0.25, 0.3) is 0 Å². The monoisotopic (exact) mass is 387 g/mol. The molecule has 2 bridgehead atoms. The number of hydrogen-bond donors (Lipinski definition) is 3. The third kappa shape index (κ3) is 4.73. The lowest BCUT2D eigenvalue weighted by molar-refractivity contribution is -0.117. The Balaban J connectivity index is 0.00000225. The Bertz CT molecular complexity index is 755. The summed E-state index contributed by atoms with van der Waals surface area (Å²) in [6.45, 7) is 3.67. The van der Waals surface area contributed by atoms with Crippen molar-refractivity contribution in [3.8, 4) is 0 Å². The zero-order valence-electron chi connectivity index (χ0n) is 14.5. The number of sulfonamides is 1. The van der Waals surface area contributed by atoms with Crippen molar-refractivity contribution in [2.24, 2.45) is 11.1 Å². The van der Waals surface area contributed by atoms with Gasteiger partial charge in [-0.2, -0.15) is 0 Å². The smallest absolute Gasteiger partial charge is 0.238 e. The molecule has 0 radical (unpaired) electrons. The van der Waals surface area contributed by atoms with E-state index in [1.807, 2.05) is 13.8 Å². The Hall–Kier alpha value is -1.15. The van der Waals surface area contributed by atoms with E-state index in [0.717, 1.165) is 24.0 Å². The molecule has 2 aliphatic heterocycles. The van der Waals surface area contributed by atoms with E-state index in [2.05, 4.69) is 10.6 Å². The highest BCUT2D eigenvalue weighted by atomic mass is 35.5. The van der Waals surface area contributed by atoms with Crippen LogP contribution in [0, 0.1) is 19.8 Å². The van der Waals surface area contributed by atoms with E-state index in [4.69, 9.17) is 5.14 Å². The van der Waals surface area contributed by atoms with Crippen LogP contribution in [0.3, 0.4) is 0 Å². The first-order valence-corrected chi connectivity index (χ1v) is 9.97. The molecule has 1 aromatic rings. The number of nitrogens with one attached hydrogen (secondary N) is 2. The number of aryl methyl sites for hydroxylation is 1. The van der Waals surface area contributed by atoms with Crippen molar-refractivity contribution in [1.29, 1.82) is 0 Å². The van der Waals surface area contributed by atoms with Gasteiger partial charge in [0, 0.05) is 24.2 Å². The van der Waals surface area contributed by atoms with Crippen LogP contribution in [0.1, 0.15) is 43.2 Å². The maximum atomic E-state index is 12.4. The first-order chi connectivity index (χ1) is 11.2. The lowest BCUT2D eigenvalue weighted by atomic mass is 9.89.